The molecule has 1 heterocycles. The second-order valence-electron chi connectivity index (χ2n) is 4.52. The first-order valence-electron chi connectivity index (χ1n) is 6.44. The standard InChI is InChI=1S/C16H11ClN2O2S/c17-11-7-5-10(6-8-11)13-9-22-16(18-13)19-15(21)12-3-1-2-4-14(12)20/h1-9,20H,(H,18,19,21). The lowest BCUT2D eigenvalue weighted by Gasteiger charge is -2.03. The van der Waals surface area contributed by atoms with Crippen LogP contribution in [0.3, 0.4) is 0 Å². The monoisotopic (exact) mass is 330 g/mol. The fraction of sp³-hybridized carbons (Fsp3) is 0. The molecule has 0 fully saturated rings. The third kappa shape index (κ3) is 3.10. The van der Waals surface area contributed by atoms with Crippen molar-refractivity contribution in [2.75, 3.05) is 5.32 Å². The first-order valence-corrected chi connectivity index (χ1v) is 7.70. The van der Waals surface area contributed by atoms with Gasteiger partial charge in [0.1, 0.15) is 5.75 Å². The van der Waals surface area contributed by atoms with Gasteiger partial charge in [0.05, 0.1) is 11.3 Å². The zero-order valence-electron chi connectivity index (χ0n) is 11.3. The number of hydrogen-bond acceptors (Lipinski definition) is 4. The van der Waals surface area contributed by atoms with Crippen LogP contribution in [0.2, 0.25) is 5.02 Å². The number of anilines is 1. The number of thiazole rings is 1. The number of amides is 1. The van der Waals surface area contributed by atoms with Crippen LogP contribution < -0.4 is 5.32 Å². The third-order valence-electron chi connectivity index (χ3n) is 3.01. The first-order chi connectivity index (χ1) is 10.6. The summed E-state index contributed by atoms with van der Waals surface area (Å²) < 4.78 is 0. The van der Waals surface area contributed by atoms with Crippen LogP contribution in [0.5, 0.6) is 5.75 Å². The second-order valence-corrected chi connectivity index (χ2v) is 5.81. The van der Waals surface area contributed by atoms with E-state index in [2.05, 4.69) is 10.3 Å². The van der Waals surface area contributed by atoms with E-state index in [1.165, 1.54) is 17.4 Å². The molecular weight excluding hydrogens is 320 g/mol. The molecule has 4 nitrogen and oxygen atoms in total. The largest absolute Gasteiger partial charge is 0.507 e. The maximum Gasteiger partial charge on any atom is 0.261 e. The summed E-state index contributed by atoms with van der Waals surface area (Å²) in [4.78, 5) is 16.5. The van der Waals surface area contributed by atoms with E-state index < -0.39 is 5.91 Å². The quantitative estimate of drug-likeness (QED) is 0.747. The Labute approximate surface area is 136 Å². The summed E-state index contributed by atoms with van der Waals surface area (Å²) in [7, 11) is 0. The van der Waals surface area contributed by atoms with Gasteiger partial charge in [0.15, 0.2) is 5.13 Å². The average molecular weight is 331 g/mol. The van der Waals surface area contributed by atoms with E-state index in [9.17, 15) is 9.90 Å². The summed E-state index contributed by atoms with van der Waals surface area (Å²) in [6, 6.07) is 13.7. The molecule has 0 spiro atoms. The molecule has 2 aromatic carbocycles. The molecule has 3 aromatic rings. The van der Waals surface area contributed by atoms with E-state index in [0.29, 0.717) is 10.2 Å². The number of carbonyl (C=O) groups excluding carboxylic acids is 1. The van der Waals surface area contributed by atoms with Crippen LogP contribution in [-0.4, -0.2) is 16.0 Å². The highest BCUT2D eigenvalue weighted by atomic mass is 35.5. The summed E-state index contributed by atoms with van der Waals surface area (Å²) in [6.07, 6.45) is 0. The van der Waals surface area contributed by atoms with Gasteiger partial charge in [-0.25, -0.2) is 4.98 Å². The molecule has 1 aromatic heterocycles. The molecule has 0 unspecified atom stereocenters. The Hall–Kier alpha value is -2.37. The number of phenolic OH excluding ortho intramolecular Hbond substituents is 1. The van der Waals surface area contributed by atoms with Crippen molar-refractivity contribution in [2.45, 2.75) is 0 Å². The summed E-state index contributed by atoms with van der Waals surface area (Å²) in [6.45, 7) is 0. The van der Waals surface area contributed by atoms with Gasteiger partial charge in [0.2, 0.25) is 0 Å². The number of nitrogens with one attached hydrogen (secondary N) is 1. The zero-order valence-corrected chi connectivity index (χ0v) is 12.9. The fourth-order valence-corrected chi connectivity index (χ4v) is 2.76. The molecule has 110 valence electrons. The zero-order chi connectivity index (χ0) is 15.5. The van der Waals surface area contributed by atoms with Crippen molar-refractivity contribution in [1.29, 1.82) is 0 Å². The van der Waals surface area contributed by atoms with Crippen molar-refractivity contribution in [2.24, 2.45) is 0 Å². The second kappa shape index (κ2) is 6.17. The van der Waals surface area contributed by atoms with Gasteiger partial charge in [-0.3, -0.25) is 10.1 Å². The van der Waals surface area contributed by atoms with Crippen LogP contribution >= 0.6 is 22.9 Å². The van der Waals surface area contributed by atoms with Crippen molar-refractivity contribution >= 4 is 34.0 Å². The SMILES string of the molecule is O=C(Nc1nc(-c2ccc(Cl)cc2)cs1)c1ccccc1O. The molecule has 0 saturated heterocycles. The Bertz CT molecular complexity index is 815. The van der Waals surface area contributed by atoms with Gasteiger partial charge in [0, 0.05) is 16.0 Å². The molecule has 6 heteroatoms. The van der Waals surface area contributed by atoms with Crippen molar-refractivity contribution < 1.29 is 9.90 Å². The van der Waals surface area contributed by atoms with Gasteiger partial charge in [-0.2, -0.15) is 0 Å². The molecule has 0 atom stereocenters. The Morgan fingerprint density at radius 1 is 1.14 bits per heavy atom. The highest BCUT2D eigenvalue weighted by Crippen LogP contribution is 2.27. The minimum absolute atomic E-state index is 0.0607. The molecule has 0 saturated carbocycles. The predicted octanol–water partition coefficient (Wildman–Crippen LogP) is 4.42. The van der Waals surface area contributed by atoms with Crippen molar-refractivity contribution in [3.05, 3.63) is 64.5 Å². The minimum atomic E-state index is -0.393. The lowest BCUT2D eigenvalue weighted by atomic mass is 10.2. The summed E-state index contributed by atoms with van der Waals surface area (Å²) in [5.74, 6) is -0.454. The number of halogens is 1. The van der Waals surface area contributed by atoms with Crippen LogP contribution in [0.4, 0.5) is 5.13 Å². The molecule has 3 rings (SSSR count). The minimum Gasteiger partial charge on any atom is -0.507 e. The number of aromatic nitrogens is 1. The highest BCUT2D eigenvalue weighted by Gasteiger charge is 2.12. The molecule has 0 aliphatic rings. The van der Waals surface area contributed by atoms with Gasteiger partial charge < -0.3 is 5.11 Å². The maximum atomic E-state index is 12.1. The van der Waals surface area contributed by atoms with E-state index in [0.717, 1.165) is 11.3 Å². The average Bonchev–Trinajstić information content (AvgIpc) is 2.97. The maximum absolute atomic E-state index is 12.1. The molecular formula is C16H11ClN2O2S. The molecule has 1 amide bonds. The van der Waals surface area contributed by atoms with Crippen molar-refractivity contribution in [1.82, 2.24) is 4.98 Å². The lowest BCUT2D eigenvalue weighted by Crippen LogP contribution is -2.11. The Kier molecular flexibility index (Phi) is 4.09. The summed E-state index contributed by atoms with van der Waals surface area (Å²) >= 11 is 7.18. The molecule has 0 radical (unpaired) electrons. The van der Waals surface area contributed by atoms with Gasteiger partial charge in [-0.05, 0) is 24.3 Å². The highest BCUT2D eigenvalue weighted by molar-refractivity contribution is 7.14. The van der Waals surface area contributed by atoms with Crippen LogP contribution in [-0.2, 0) is 0 Å². The third-order valence-corrected chi connectivity index (χ3v) is 4.02. The number of para-hydroxylation sites is 1. The van der Waals surface area contributed by atoms with Gasteiger partial charge >= 0.3 is 0 Å². The van der Waals surface area contributed by atoms with Crippen LogP contribution in [0.25, 0.3) is 11.3 Å². The Morgan fingerprint density at radius 3 is 2.59 bits per heavy atom. The number of aromatic hydroxyl groups is 1. The Balaban J connectivity index is 1.78. The molecule has 22 heavy (non-hydrogen) atoms. The van der Waals surface area contributed by atoms with Crippen LogP contribution in [0, 0.1) is 0 Å². The van der Waals surface area contributed by atoms with Crippen LogP contribution in [0.1, 0.15) is 10.4 Å². The number of carbonyl (C=O) groups is 1. The first kappa shape index (κ1) is 14.6. The topological polar surface area (TPSA) is 62.2 Å². The smallest absolute Gasteiger partial charge is 0.261 e. The van der Waals surface area contributed by atoms with E-state index in [1.807, 2.05) is 17.5 Å². The van der Waals surface area contributed by atoms with Crippen molar-refractivity contribution in [3.63, 3.8) is 0 Å². The van der Waals surface area contributed by atoms with Crippen LogP contribution in [0.15, 0.2) is 53.9 Å². The number of rotatable bonds is 3. The molecule has 0 aliphatic carbocycles. The predicted molar refractivity (Wildman–Crippen MR) is 88.6 cm³/mol. The van der Waals surface area contributed by atoms with Gasteiger partial charge in [-0.15, -0.1) is 11.3 Å². The lowest BCUT2D eigenvalue weighted by molar-refractivity contribution is 0.102. The number of phenols is 1. The van der Waals surface area contributed by atoms with E-state index in [4.69, 9.17) is 11.6 Å². The molecule has 0 bridgehead atoms. The number of nitrogens with zero attached hydrogens (tertiary/aromatic N) is 1. The van der Waals surface area contributed by atoms with E-state index in [1.54, 1.807) is 30.3 Å². The number of hydrogen-bond donors (Lipinski definition) is 2. The molecule has 2 N–H and O–H groups in total. The number of benzene rings is 2. The summed E-state index contributed by atoms with van der Waals surface area (Å²) in [5.41, 5.74) is 1.89. The normalized spacial score (nSPS) is 10.4. The van der Waals surface area contributed by atoms with Crippen molar-refractivity contribution in [3.8, 4) is 17.0 Å². The summed E-state index contributed by atoms with van der Waals surface area (Å²) in [5, 5.41) is 15.3. The van der Waals surface area contributed by atoms with Gasteiger partial charge in [0.25, 0.3) is 5.91 Å². The van der Waals surface area contributed by atoms with E-state index in [-0.39, 0.29) is 11.3 Å². The fourth-order valence-electron chi connectivity index (χ4n) is 1.91. The van der Waals surface area contributed by atoms with Gasteiger partial charge in [-0.1, -0.05) is 35.9 Å². The molecule has 0 aliphatic heterocycles. The van der Waals surface area contributed by atoms with E-state index >= 15 is 0 Å². The Morgan fingerprint density at radius 2 is 1.86 bits per heavy atom.